The van der Waals surface area contributed by atoms with Gasteiger partial charge in [0, 0.05) is 25.7 Å². The SMILES string of the molecule is CCC(C)C(C)N(C(=O)CNCCOC)C1CC1.Cl. The molecule has 0 heterocycles. The zero-order valence-electron chi connectivity index (χ0n) is 12.6. The second-order valence-electron chi connectivity index (χ2n) is 5.33. The summed E-state index contributed by atoms with van der Waals surface area (Å²) in [6, 6.07) is 0.838. The van der Waals surface area contributed by atoms with Crippen molar-refractivity contribution in [2.24, 2.45) is 5.92 Å². The van der Waals surface area contributed by atoms with Gasteiger partial charge in [-0.05, 0) is 25.7 Å². The maximum absolute atomic E-state index is 12.3. The van der Waals surface area contributed by atoms with E-state index in [9.17, 15) is 4.79 Å². The molecule has 5 heteroatoms. The Morgan fingerprint density at radius 2 is 2.05 bits per heavy atom. The first-order chi connectivity index (χ1) is 8.61. The summed E-state index contributed by atoms with van der Waals surface area (Å²) in [4.78, 5) is 14.4. The minimum absolute atomic E-state index is 0. The average Bonchev–Trinajstić information content (AvgIpc) is 3.18. The van der Waals surface area contributed by atoms with Crippen molar-refractivity contribution in [2.45, 2.75) is 52.1 Å². The Kier molecular flexibility index (Phi) is 9.40. The summed E-state index contributed by atoms with van der Waals surface area (Å²) in [7, 11) is 1.67. The third-order valence-corrected chi connectivity index (χ3v) is 3.89. The van der Waals surface area contributed by atoms with Gasteiger partial charge in [-0.25, -0.2) is 0 Å². The Morgan fingerprint density at radius 1 is 1.42 bits per heavy atom. The van der Waals surface area contributed by atoms with Crippen molar-refractivity contribution in [2.75, 3.05) is 26.8 Å². The number of rotatable bonds is 9. The van der Waals surface area contributed by atoms with Crippen molar-refractivity contribution in [3.05, 3.63) is 0 Å². The van der Waals surface area contributed by atoms with Crippen LogP contribution in [0, 0.1) is 5.92 Å². The van der Waals surface area contributed by atoms with E-state index in [4.69, 9.17) is 4.74 Å². The molecule has 1 saturated carbocycles. The van der Waals surface area contributed by atoms with Crippen LogP contribution >= 0.6 is 12.4 Å². The van der Waals surface area contributed by atoms with Gasteiger partial charge in [-0.1, -0.05) is 20.3 Å². The van der Waals surface area contributed by atoms with E-state index in [1.165, 1.54) is 12.8 Å². The largest absolute Gasteiger partial charge is 0.383 e. The quantitative estimate of drug-likeness (QED) is 0.662. The number of nitrogens with zero attached hydrogens (tertiary/aromatic N) is 1. The molecule has 1 fully saturated rings. The third kappa shape index (κ3) is 6.11. The van der Waals surface area contributed by atoms with Gasteiger partial charge in [-0.15, -0.1) is 12.4 Å². The van der Waals surface area contributed by atoms with Crippen LogP contribution in [0.25, 0.3) is 0 Å². The topological polar surface area (TPSA) is 41.6 Å². The fourth-order valence-corrected chi connectivity index (χ4v) is 2.19. The summed E-state index contributed by atoms with van der Waals surface area (Å²) >= 11 is 0. The molecule has 0 aromatic carbocycles. The third-order valence-electron chi connectivity index (χ3n) is 3.89. The number of carbonyl (C=O) groups excluding carboxylic acids is 1. The average molecular weight is 293 g/mol. The maximum atomic E-state index is 12.3. The molecule has 19 heavy (non-hydrogen) atoms. The van der Waals surface area contributed by atoms with Crippen molar-refractivity contribution in [1.29, 1.82) is 0 Å². The number of carbonyl (C=O) groups is 1. The highest BCUT2D eigenvalue weighted by atomic mass is 35.5. The van der Waals surface area contributed by atoms with E-state index in [-0.39, 0.29) is 18.3 Å². The second-order valence-corrected chi connectivity index (χ2v) is 5.33. The minimum Gasteiger partial charge on any atom is -0.383 e. The molecule has 0 bridgehead atoms. The molecule has 114 valence electrons. The first-order valence-corrected chi connectivity index (χ1v) is 7.12. The van der Waals surface area contributed by atoms with E-state index in [1.54, 1.807) is 7.11 Å². The lowest BCUT2D eigenvalue weighted by Crippen LogP contribution is -2.47. The first kappa shape index (κ1) is 18.7. The van der Waals surface area contributed by atoms with Crippen LogP contribution in [0.1, 0.15) is 40.0 Å². The number of amides is 1. The zero-order chi connectivity index (χ0) is 13.5. The molecule has 0 radical (unpaired) electrons. The predicted molar refractivity (Wildman–Crippen MR) is 80.8 cm³/mol. The predicted octanol–water partition coefficient (Wildman–Crippen LogP) is 2.07. The van der Waals surface area contributed by atoms with Gasteiger partial charge in [0.1, 0.15) is 0 Å². The fraction of sp³-hybridized carbons (Fsp3) is 0.929. The second kappa shape index (κ2) is 9.56. The van der Waals surface area contributed by atoms with Crippen LogP contribution in [0.15, 0.2) is 0 Å². The Labute approximate surface area is 123 Å². The van der Waals surface area contributed by atoms with Gasteiger partial charge in [0.05, 0.1) is 13.2 Å². The summed E-state index contributed by atoms with van der Waals surface area (Å²) in [5.41, 5.74) is 0. The molecule has 0 aliphatic heterocycles. The van der Waals surface area contributed by atoms with Crippen molar-refractivity contribution in [3.63, 3.8) is 0 Å². The molecule has 0 aromatic heterocycles. The van der Waals surface area contributed by atoms with E-state index in [0.717, 1.165) is 13.0 Å². The minimum atomic E-state index is 0. The molecule has 0 saturated heterocycles. The number of hydrogen-bond acceptors (Lipinski definition) is 3. The van der Waals surface area contributed by atoms with Gasteiger partial charge in [0.25, 0.3) is 0 Å². The van der Waals surface area contributed by atoms with Crippen molar-refractivity contribution >= 4 is 18.3 Å². The van der Waals surface area contributed by atoms with Crippen LogP contribution in [0.5, 0.6) is 0 Å². The van der Waals surface area contributed by atoms with E-state index >= 15 is 0 Å². The summed E-state index contributed by atoms with van der Waals surface area (Å²) < 4.78 is 4.96. The Morgan fingerprint density at radius 3 is 2.53 bits per heavy atom. The lowest BCUT2D eigenvalue weighted by atomic mass is 9.99. The molecule has 2 unspecified atom stereocenters. The van der Waals surface area contributed by atoms with Crippen LogP contribution < -0.4 is 5.32 Å². The smallest absolute Gasteiger partial charge is 0.237 e. The molecule has 4 nitrogen and oxygen atoms in total. The summed E-state index contributed by atoms with van der Waals surface area (Å²) in [5, 5.41) is 3.14. The van der Waals surface area contributed by atoms with E-state index in [2.05, 4.69) is 31.0 Å². The molecular weight excluding hydrogens is 264 g/mol. The van der Waals surface area contributed by atoms with Gasteiger partial charge in [0.15, 0.2) is 0 Å². The number of methoxy groups -OCH3 is 1. The lowest BCUT2D eigenvalue weighted by Gasteiger charge is -2.33. The highest BCUT2D eigenvalue weighted by Crippen LogP contribution is 2.31. The Bertz CT molecular complexity index is 260. The summed E-state index contributed by atoms with van der Waals surface area (Å²) in [6.07, 6.45) is 3.46. The standard InChI is InChI=1S/C14H28N2O2.ClH/c1-5-11(2)12(3)16(13-6-7-13)14(17)10-15-8-9-18-4;/h11-13,15H,5-10H2,1-4H3;1H. The molecule has 0 spiro atoms. The number of ether oxygens (including phenoxy) is 1. The number of halogens is 1. The van der Waals surface area contributed by atoms with Crippen molar-refractivity contribution in [1.82, 2.24) is 10.2 Å². The zero-order valence-corrected chi connectivity index (χ0v) is 13.5. The molecule has 2 atom stereocenters. The highest BCUT2D eigenvalue weighted by molar-refractivity contribution is 5.85. The maximum Gasteiger partial charge on any atom is 0.237 e. The van der Waals surface area contributed by atoms with E-state index < -0.39 is 0 Å². The first-order valence-electron chi connectivity index (χ1n) is 7.12. The molecule has 1 aliphatic rings. The molecule has 1 N–H and O–H groups in total. The van der Waals surface area contributed by atoms with Crippen LogP contribution in [-0.2, 0) is 9.53 Å². The number of hydrogen-bond donors (Lipinski definition) is 1. The molecule has 1 rings (SSSR count). The summed E-state index contributed by atoms with van der Waals surface area (Å²) in [6.45, 7) is 8.41. The van der Waals surface area contributed by atoms with Gasteiger partial charge in [0.2, 0.25) is 5.91 Å². The molecule has 1 amide bonds. The van der Waals surface area contributed by atoms with Crippen LogP contribution in [0.3, 0.4) is 0 Å². The lowest BCUT2D eigenvalue weighted by molar-refractivity contribution is -0.134. The van der Waals surface area contributed by atoms with Gasteiger partial charge in [-0.2, -0.15) is 0 Å². The normalized spacial score (nSPS) is 17.5. The van der Waals surface area contributed by atoms with Crippen molar-refractivity contribution < 1.29 is 9.53 Å². The van der Waals surface area contributed by atoms with Gasteiger partial charge < -0.3 is 15.0 Å². The van der Waals surface area contributed by atoms with E-state index in [0.29, 0.717) is 31.2 Å². The molecule has 0 aromatic rings. The van der Waals surface area contributed by atoms with E-state index in [1.807, 2.05) is 0 Å². The molecule has 1 aliphatic carbocycles. The molecular formula is C14H29ClN2O2. The fourth-order valence-electron chi connectivity index (χ4n) is 2.19. The van der Waals surface area contributed by atoms with Crippen LogP contribution in [-0.4, -0.2) is 49.7 Å². The van der Waals surface area contributed by atoms with Gasteiger partial charge >= 0.3 is 0 Å². The highest BCUT2D eigenvalue weighted by Gasteiger charge is 2.36. The van der Waals surface area contributed by atoms with Crippen LogP contribution in [0.2, 0.25) is 0 Å². The van der Waals surface area contributed by atoms with Crippen LogP contribution in [0.4, 0.5) is 0 Å². The van der Waals surface area contributed by atoms with Crippen molar-refractivity contribution in [3.8, 4) is 0 Å². The summed E-state index contributed by atoms with van der Waals surface area (Å²) in [5.74, 6) is 0.801. The Balaban J connectivity index is 0.00000324. The Hall–Kier alpha value is -0.320. The number of nitrogens with one attached hydrogen (secondary N) is 1. The van der Waals surface area contributed by atoms with Gasteiger partial charge in [-0.3, -0.25) is 4.79 Å². The monoisotopic (exact) mass is 292 g/mol.